The van der Waals surface area contributed by atoms with Crippen LogP contribution >= 0.6 is 0 Å². The van der Waals surface area contributed by atoms with Crippen molar-refractivity contribution >= 4 is 21.8 Å². The second kappa shape index (κ2) is 10.4. The van der Waals surface area contributed by atoms with E-state index in [0.717, 1.165) is 25.7 Å². The summed E-state index contributed by atoms with van der Waals surface area (Å²) in [5.41, 5.74) is 0.983. The van der Waals surface area contributed by atoms with Gasteiger partial charge in [0.2, 0.25) is 15.9 Å². The summed E-state index contributed by atoms with van der Waals surface area (Å²) >= 11 is 0. The van der Waals surface area contributed by atoms with E-state index in [2.05, 4.69) is 10.6 Å². The molecule has 0 radical (unpaired) electrons. The predicted molar refractivity (Wildman–Crippen MR) is 113 cm³/mol. The van der Waals surface area contributed by atoms with Crippen LogP contribution in [0.4, 0.5) is 0 Å². The number of ether oxygens (including phenoxy) is 1. The van der Waals surface area contributed by atoms with Gasteiger partial charge in [0, 0.05) is 37.7 Å². The van der Waals surface area contributed by atoms with Crippen LogP contribution in [0.25, 0.3) is 0 Å². The molecule has 1 saturated carbocycles. The minimum absolute atomic E-state index is 0.0671. The molecule has 1 aromatic rings. The highest BCUT2D eigenvalue weighted by Gasteiger charge is 2.27. The molecule has 9 heteroatoms. The Morgan fingerprint density at radius 3 is 2.53 bits per heavy atom. The third-order valence-corrected chi connectivity index (χ3v) is 7.56. The van der Waals surface area contributed by atoms with Crippen LogP contribution in [0, 0.1) is 6.92 Å². The van der Waals surface area contributed by atoms with Gasteiger partial charge in [-0.2, -0.15) is 4.31 Å². The maximum Gasteiger partial charge on any atom is 0.251 e. The fourth-order valence-corrected chi connectivity index (χ4v) is 5.31. The smallest absolute Gasteiger partial charge is 0.251 e. The average Bonchev–Trinajstić information content (AvgIpc) is 2.75. The Morgan fingerprint density at radius 1 is 1.13 bits per heavy atom. The van der Waals surface area contributed by atoms with Gasteiger partial charge in [0.05, 0.1) is 18.1 Å². The number of hydrogen-bond donors (Lipinski definition) is 2. The highest BCUT2D eigenvalue weighted by atomic mass is 32.2. The van der Waals surface area contributed by atoms with E-state index < -0.39 is 10.0 Å². The maximum atomic E-state index is 12.9. The number of amides is 2. The minimum atomic E-state index is -3.68. The number of nitrogens with one attached hydrogen (secondary N) is 2. The van der Waals surface area contributed by atoms with E-state index in [1.54, 1.807) is 13.0 Å². The first-order valence-electron chi connectivity index (χ1n) is 10.6. The largest absolute Gasteiger partial charge is 0.379 e. The zero-order chi connectivity index (χ0) is 21.6. The molecule has 3 rings (SSSR count). The van der Waals surface area contributed by atoms with E-state index in [1.807, 2.05) is 0 Å². The molecule has 0 aromatic heterocycles. The van der Waals surface area contributed by atoms with E-state index >= 15 is 0 Å². The van der Waals surface area contributed by atoms with Crippen molar-refractivity contribution < 1.29 is 22.7 Å². The van der Waals surface area contributed by atoms with Gasteiger partial charge in [-0.15, -0.1) is 0 Å². The normalized spacial score (nSPS) is 18.7. The molecular weight excluding hydrogens is 406 g/mol. The van der Waals surface area contributed by atoms with Crippen LogP contribution in [-0.2, 0) is 19.6 Å². The van der Waals surface area contributed by atoms with Gasteiger partial charge in [-0.1, -0.05) is 25.3 Å². The van der Waals surface area contributed by atoms with E-state index in [4.69, 9.17) is 4.74 Å². The van der Waals surface area contributed by atoms with E-state index in [-0.39, 0.29) is 35.7 Å². The molecule has 2 N–H and O–H groups in total. The van der Waals surface area contributed by atoms with Crippen LogP contribution in [-0.4, -0.2) is 63.4 Å². The molecular formula is C21H31N3O5S. The van der Waals surface area contributed by atoms with Crippen molar-refractivity contribution in [2.45, 2.75) is 56.4 Å². The molecule has 1 aliphatic carbocycles. The summed E-state index contributed by atoms with van der Waals surface area (Å²) < 4.78 is 32.3. The molecule has 0 spiro atoms. The molecule has 166 valence electrons. The summed E-state index contributed by atoms with van der Waals surface area (Å²) in [6.45, 7) is 3.29. The minimum Gasteiger partial charge on any atom is -0.379 e. The van der Waals surface area contributed by atoms with Crippen LogP contribution in [0.1, 0.15) is 54.4 Å². The van der Waals surface area contributed by atoms with Gasteiger partial charge in [0.1, 0.15) is 0 Å². The van der Waals surface area contributed by atoms with Crippen molar-refractivity contribution in [3.05, 3.63) is 29.3 Å². The summed E-state index contributed by atoms with van der Waals surface area (Å²) in [6, 6.07) is 4.82. The average molecular weight is 438 g/mol. The molecule has 0 bridgehead atoms. The number of benzene rings is 1. The number of hydrogen-bond acceptors (Lipinski definition) is 5. The standard InChI is InChI=1S/C21H31N3O5S/c1-16-7-8-18(30(27,28)24-11-13-29-14-12-24)15-19(16)21(26)22-10-9-20(25)23-17-5-3-2-4-6-17/h7-8,15,17H,2-6,9-14H2,1H3,(H,22,26)(H,23,25). The van der Waals surface area contributed by atoms with Crippen molar-refractivity contribution in [3.8, 4) is 0 Å². The van der Waals surface area contributed by atoms with Gasteiger partial charge in [0.25, 0.3) is 5.91 Å². The summed E-state index contributed by atoms with van der Waals surface area (Å²) in [5.74, 6) is -0.445. The monoisotopic (exact) mass is 437 g/mol. The molecule has 1 aromatic carbocycles. The van der Waals surface area contributed by atoms with Gasteiger partial charge in [-0.05, 0) is 37.5 Å². The molecule has 1 saturated heterocycles. The quantitative estimate of drug-likeness (QED) is 0.674. The summed E-state index contributed by atoms with van der Waals surface area (Å²) in [6.07, 6.45) is 5.74. The van der Waals surface area contributed by atoms with Gasteiger partial charge < -0.3 is 15.4 Å². The Hall–Kier alpha value is -1.97. The van der Waals surface area contributed by atoms with Crippen molar-refractivity contribution in [2.24, 2.45) is 0 Å². The first-order chi connectivity index (χ1) is 14.4. The Bertz CT molecular complexity index is 859. The van der Waals surface area contributed by atoms with E-state index in [9.17, 15) is 18.0 Å². The Morgan fingerprint density at radius 2 is 1.83 bits per heavy atom. The molecule has 1 heterocycles. The van der Waals surface area contributed by atoms with Crippen LogP contribution in [0.3, 0.4) is 0 Å². The van der Waals surface area contributed by atoms with Crippen LogP contribution in [0.2, 0.25) is 0 Å². The Kier molecular flexibility index (Phi) is 7.85. The molecule has 2 fully saturated rings. The third-order valence-electron chi connectivity index (χ3n) is 5.67. The molecule has 8 nitrogen and oxygen atoms in total. The zero-order valence-electron chi connectivity index (χ0n) is 17.5. The third kappa shape index (κ3) is 5.80. The van der Waals surface area contributed by atoms with Gasteiger partial charge in [-0.25, -0.2) is 8.42 Å². The number of carbonyl (C=O) groups is 2. The van der Waals surface area contributed by atoms with Crippen molar-refractivity contribution in [1.82, 2.24) is 14.9 Å². The molecule has 1 aliphatic heterocycles. The second-order valence-electron chi connectivity index (χ2n) is 7.90. The maximum absolute atomic E-state index is 12.9. The lowest BCUT2D eigenvalue weighted by molar-refractivity contribution is -0.121. The number of morpholine rings is 1. The Balaban J connectivity index is 1.57. The SMILES string of the molecule is Cc1ccc(S(=O)(=O)N2CCOCC2)cc1C(=O)NCCC(=O)NC1CCCCC1. The zero-order valence-corrected chi connectivity index (χ0v) is 18.3. The molecule has 30 heavy (non-hydrogen) atoms. The van der Waals surface area contributed by atoms with Gasteiger partial charge >= 0.3 is 0 Å². The number of carbonyl (C=O) groups excluding carboxylic acids is 2. The first-order valence-corrected chi connectivity index (χ1v) is 12.1. The molecule has 2 amide bonds. The summed E-state index contributed by atoms with van der Waals surface area (Å²) in [4.78, 5) is 24.8. The van der Waals surface area contributed by atoms with Crippen molar-refractivity contribution in [2.75, 3.05) is 32.8 Å². The molecule has 0 unspecified atom stereocenters. The predicted octanol–water partition coefficient (Wildman–Crippen LogP) is 1.58. The lowest BCUT2D eigenvalue weighted by Crippen LogP contribution is -2.40. The number of rotatable bonds is 7. The summed E-state index contributed by atoms with van der Waals surface area (Å²) in [5, 5.41) is 5.76. The van der Waals surface area contributed by atoms with E-state index in [1.165, 1.54) is 22.9 Å². The number of nitrogens with zero attached hydrogens (tertiary/aromatic N) is 1. The summed E-state index contributed by atoms with van der Waals surface area (Å²) in [7, 11) is -3.68. The fraction of sp³-hybridized carbons (Fsp3) is 0.619. The second-order valence-corrected chi connectivity index (χ2v) is 9.84. The lowest BCUT2D eigenvalue weighted by Gasteiger charge is -2.26. The lowest BCUT2D eigenvalue weighted by atomic mass is 9.95. The highest BCUT2D eigenvalue weighted by molar-refractivity contribution is 7.89. The van der Waals surface area contributed by atoms with Crippen LogP contribution in [0.15, 0.2) is 23.1 Å². The highest BCUT2D eigenvalue weighted by Crippen LogP contribution is 2.21. The molecule has 2 aliphatic rings. The number of aryl methyl sites for hydroxylation is 1. The van der Waals surface area contributed by atoms with E-state index in [0.29, 0.717) is 37.4 Å². The molecule has 0 atom stereocenters. The van der Waals surface area contributed by atoms with Gasteiger partial charge in [-0.3, -0.25) is 9.59 Å². The number of sulfonamides is 1. The van der Waals surface area contributed by atoms with Crippen molar-refractivity contribution in [3.63, 3.8) is 0 Å². The first kappa shape index (κ1) is 22.7. The van der Waals surface area contributed by atoms with Crippen LogP contribution in [0.5, 0.6) is 0 Å². The van der Waals surface area contributed by atoms with Gasteiger partial charge in [0.15, 0.2) is 0 Å². The topological polar surface area (TPSA) is 105 Å². The van der Waals surface area contributed by atoms with Crippen molar-refractivity contribution in [1.29, 1.82) is 0 Å². The van der Waals surface area contributed by atoms with Crippen LogP contribution < -0.4 is 10.6 Å². The fourth-order valence-electron chi connectivity index (χ4n) is 3.87. The Labute approximate surface area is 178 Å².